The van der Waals surface area contributed by atoms with Gasteiger partial charge in [-0.3, -0.25) is 13.8 Å². The third-order valence-corrected chi connectivity index (χ3v) is 14.2. The molecule has 8 nitrogen and oxygen atoms in total. The Morgan fingerprint density at radius 1 is 0.508 bits per heavy atom. The molecule has 1 amide bonds. The van der Waals surface area contributed by atoms with Crippen LogP contribution in [0.15, 0.2) is 12.2 Å². The van der Waals surface area contributed by atoms with E-state index in [1.807, 2.05) is 27.2 Å². The number of rotatable bonds is 53. The highest BCUT2D eigenvalue weighted by Gasteiger charge is 2.27. The molecule has 0 aliphatic carbocycles. The molecular formula is C56H114N2O6P+. The van der Waals surface area contributed by atoms with Crippen LogP contribution in [0.2, 0.25) is 0 Å². The monoisotopic (exact) mass is 942 g/mol. The summed E-state index contributed by atoms with van der Waals surface area (Å²) in [5.74, 6) is -0.173. The number of hydrogen-bond donors (Lipinski definition) is 3. The molecule has 0 aromatic carbocycles. The second kappa shape index (κ2) is 48.3. The molecule has 0 aromatic heterocycles. The standard InChI is InChI=1S/C56H113N2O6P/c1-6-8-10-12-14-16-17-18-19-20-21-22-23-24-25-26-27-28-29-30-31-32-33-34-35-36-37-38-39-40-42-44-46-48-50-56(60)57-54(53-64-65(61,62)63-52-51-58(3,4)5)55(59)49-47-45-43-41-15-13-11-9-7-2/h47,49,54-55,59H,6-46,48,50-53H2,1-5H3,(H-,57,60,61,62)/p+1/b49-47+/t54-,55+/m0/s1. The van der Waals surface area contributed by atoms with Crippen molar-refractivity contribution in [3.8, 4) is 0 Å². The summed E-state index contributed by atoms with van der Waals surface area (Å²) in [6.07, 6.45) is 59.2. The van der Waals surface area contributed by atoms with Crippen molar-refractivity contribution in [1.29, 1.82) is 0 Å². The molecule has 0 spiro atoms. The zero-order valence-electron chi connectivity index (χ0n) is 44.3. The van der Waals surface area contributed by atoms with E-state index >= 15 is 0 Å². The van der Waals surface area contributed by atoms with Crippen LogP contribution in [-0.2, 0) is 18.4 Å². The highest BCUT2D eigenvalue weighted by molar-refractivity contribution is 7.47. The van der Waals surface area contributed by atoms with Crippen molar-refractivity contribution < 1.29 is 32.9 Å². The number of phosphoric acid groups is 1. The van der Waals surface area contributed by atoms with Gasteiger partial charge in [0.15, 0.2) is 0 Å². The Hall–Kier alpha value is -0.760. The Kier molecular flexibility index (Phi) is 47.7. The number of quaternary nitrogens is 1. The first-order valence-corrected chi connectivity index (χ1v) is 30.1. The van der Waals surface area contributed by atoms with Gasteiger partial charge in [-0.05, 0) is 19.3 Å². The van der Waals surface area contributed by atoms with Crippen LogP contribution in [0, 0.1) is 0 Å². The fourth-order valence-electron chi connectivity index (χ4n) is 8.75. The third-order valence-electron chi connectivity index (χ3n) is 13.3. The summed E-state index contributed by atoms with van der Waals surface area (Å²) >= 11 is 0. The lowest BCUT2D eigenvalue weighted by atomic mass is 10.0. The Balaban J connectivity index is 3.84. The van der Waals surface area contributed by atoms with Crippen molar-refractivity contribution in [2.45, 2.75) is 302 Å². The van der Waals surface area contributed by atoms with Crippen molar-refractivity contribution >= 4 is 13.7 Å². The van der Waals surface area contributed by atoms with Crippen LogP contribution in [0.5, 0.6) is 0 Å². The molecule has 65 heavy (non-hydrogen) atoms. The minimum absolute atomic E-state index is 0.0644. The molecule has 388 valence electrons. The van der Waals surface area contributed by atoms with Gasteiger partial charge in [0, 0.05) is 6.42 Å². The molecule has 0 saturated carbocycles. The number of unbranched alkanes of at least 4 members (excludes halogenated alkanes) is 40. The summed E-state index contributed by atoms with van der Waals surface area (Å²) in [5.41, 5.74) is 0. The van der Waals surface area contributed by atoms with Crippen molar-refractivity contribution in [3.63, 3.8) is 0 Å². The molecule has 3 atom stereocenters. The molecule has 1 unspecified atom stereocenters. The number of phosphoric ester groups is 1. The quantitative estimate of drug-likeness (QED) is 0.0243. The predicted molar refractivity (Wildman–Crippen MR) is 282 cm³/mol. The number of allylic oxidation sites excluding steroid dienone is 1. The van der Waals surface area contributed by atoms with Crippen LogP contribution in [-0.4, -0.2) is 73.4 Å². The number of aliphatic hydroxyl groups excluding tert-OH is 1. The van der Waals surface area contributed by atoms with E-state index in [4.69, 9.17) is 9.05 Å². The number of likely N-dealkylation sites (N-methyl/N-ethyl adjacent to an activating group) is 1. The minimum Gasteiger partial charge on any atom is -0.387 e. The second-order valence-corrected chi connectivity index (χ2v) is 22.5. The van der Waals surface area contributed by atoms with Gasteiger partial charge in [0.2, 0.25) is 5.91 Å². The molecule has 0 aliphatic rings. The Morgan fingerprint density at radius 3 is 1.14 bits per heavy atom. The first-order valence-electron chi connectivity index (χ1n) is 28.6. The predicted octanol–water partition coefficient (Wildman–Crippen LogP) is 17.0. The van der Waals surface area contributed by atoms with Gasteiger partial charge in [-0.2, -0.15) is 0 Å². The number of nitrogens with zero attached hydrogens (tertiary/aromatic N) is 1. The molecule has 0 fully saturated rings. The van der Waals surface area contributed by atoms with Crippen LogP contribution in [0.25, 0.3) is 0 Å². The summed E-state index contributed by atoms with van der Waals surface area (Å²) in [4.78, 5) is 23.1. The van der Waals surface area contributed by atoms with Crippen molar-refractivity contribution in [1.82, 2.24) is 5.32 Å². The zero-order chi connectivity index (χ0) is 47.8. The summed E-state index contributed by atoms with van der Waals surface area (Å²) in [5, 5.41) is 13.8. The normalized spacial score (nSPS) is 14.0. The maximum atomic E-state index is 12.9. The Labute approximate surface area is 405 Å². The molecule has 0 saturated heterocycles. The maximum absolute atomic E-state index is 12.9. The lowest BCUT2D eigenvalue weighted by Crippen LogP contribution is -2.45. The van der Waals surface area contributed by atoms with Crippen LogP contribution in [0.4, 0.5) is 0 Å². The Morgan fingerprint density at radius 2 is 0.815 bits per heavy atom. The Bertz CT molecular complexity index is 1070. The average molecular weight is 943 g/mol. The highest BCUT2D eigenvalue weighted by Crippen LogP contribution is 2.43. The van der Waals surface area contributed by atoms with E-state index in [1.54, 1.807) is 6.08 Å². The van der Waals surface area contributed by atoms with Gasteiger partial charge in [-0.25, -0.2) is 4.57 Å². The topological polar surface area (TPSA) is 105 Å². The van der Waals surface area contributed by atoms with E-state index in [1.165, 1.54) is 231 Å². The molecule has 9 heteroatoms. The van der Waals surface area contributed by atoms with E-state index in [9.17, 15) is 19.4 Å². The molecule has 0 rings (SSSR count). The smallest absolute Gasteiger partial charge is 0.387 e. The van der Waals surface area contributed by atoms with E-state index in [2.05, 4.69) is 19.2 Å². The molecule has 0 heterocycles. The summed E-state index contributed by atoms with van der Waals surface area (Å²) < 4.78 is 23.6. The first-order chi connectivity index (χ1) is 31.5. The maximum Gasteiger partial charge on any atom is 0.472 e. The number of amides is 1. The number of aliphatic hydroxyl groups is 1. The van der Waals surface area contributed by atoms with Crippen LogP contribution < -0.4 is 5.32 Å². The highest BCUT2D eigenvalue weighted by atomic mass is 31.2. The van der Waals surface area contributed by atoms with Gasteiger partial charge < -0.3 is 19.8 Å². The lowest BCUT2D eigenvalue weighted by Gasteiger charge is -2.25. The number of hydrogen-bond acceptors (Lipinski definition) is 5. The van der Waals surface area contributed by atoms with Crippen molar-refractivity contribution in [2.75, 3.05) is 40.9 Å². The van der Waals surface area contributed by atoms with Gasteiger partial charge in [0.1, 0.15) is 13.2 Å². The lowest BCUT2D eigenvalue weighted by molar-refractivity contribution is -0.870. The molecule has 0 aromatic rings. The number of carbonyl (C=O) groups is 1. The van der Waals surface area contributed by atoms with E-state index in [0.717, 1.165) is 38.5 Å². The fraction of sp³-hybridized carbons (Fsp3) is 0.946. The second-order valence-electron chi connectivity index (χ2n) is 21.0. The van der Waals surface area contributed by atoms with Gasteiger partial charge in [-0.1, -0.05) is 276 Å². The van der Waals surface area contributed by atoms with Gasteiger partial charge in [-0.15, -0.1) is 0 Å². The van der Waals surface area contributed by atoms with Crippen molar-refractivity contribution in [2.24, 2.45) is 0 Å². The van der Waals surface area contributed by atoms with E-state index in [0.29, 0.717) is 17.4 Å². The van der Waals surface area contributed by atoms with Crippen molar-refractivity contribution in [3.05, 3.63) is 12.2 Å². The van der Waals surface area contributed by atoms with Gasteiger partial charge >= 0.3 is 7.82 Å². The third kappa shape index (κ3) is 50.9. The average Bonchev–Trinajstić information content (AvgIpc) is 3.26. The molecular weight excluding hydrogens is 828 g/mol. The summed E-state index contributed by atoms with van der Waals surface area (Å²) in [7, 11) is 1.58. The number of carbonyl (C=O) groups excluding carboxylic acids is 1. The summed E-state index contributed by atoms with van der Waals surface area (Å²) in [6.45, 7) is 4.82. The van der Waals surface area contributed by atoms with Crippen LogP contribution >= 0.6 is 7.82 Å². The number of nitrogens with one attached hydrogen (secondary N) is 1. The first kappa shape index (κ1) is 64.2. The van der Waals surface area contributed by atoms with E-state index in [-0.39, 0.29) is 19.1 Å². The van der Waals surface area contributed by atoms with Crippen LogP contribution in [0.3, 0.4) is 0 Å². The zero-order valence-corrected chi connectivity index (χ0v) is 45.2. The minimum atomic E-state index is -4.33. The molecule has 0 radical (unpaired) electrons. The van der Waals surface area contributed by atoms with Gasteiger partial charge in [0.05, 0.1) is 39.9 Å². The molecule has 0 aliphatic heterocycles. The van der Waals surface area contributed by atoms with Crippen LogP contribution in [0.1, 0.15) is 290 Å². The van der Waals surface area contributed by atoms with E-state index < -0.39 is 20.0 Å². The fourth-order valence-corrected chi connectivity index (χ4v) is 9.49. The summed E-state index contributed by atoms with van der Waals surface area (Å²) in [6, 6.07) is -0.839. The molecule has 0 bridgehead atoms. The largest absolute Gasteiger partial charge is 0.472 e. The van der Waals surface area contributed by atoms with Gasteiger partial charge in [0.25, 0.3) is 0 Å². The SMILES string of the molecule is CCCCCCCCC/C=C/[C@@H](O)[C@H](COP(=O)(O)OCC[N+](C)(C)C)NC(=O)CCCCCCCCCCCCCCCCCCCCCCCCCCCCCCCCCCCC. The molecule has 3 N–H and O–H groups in total.